The highest BCUT2D eigenvalue weighted by Crippen LogP contribution is 2.27. The fraction of sp³-hybridized carbons (Fsp3) is 0.308. The molecule has 2 heterocycles. The molecule has 1 saturated heterocycles. The Bertz CT molecular complexity index is 528. The number of nitrogens with zero attached hydrogens (tertiary/aromatic N) is 2. The van der Waals surface area contributed by atoms with Crippen molar-refractivity contribution < 1.29 is 0 Å². The first-order valence-electron chi connectivity index (χ1n) is 6.19. The molecule has 0 radical (unpaired) electrons. The molecule has 0 bridgehead atoms. The lowest BCUT2D eigenvalue weighted by Gasteiger charge is -2.29. The Kier molecular flexibility index (Phi) is 2.90. The Morgan fingerprint density at radius 3 is 2.78 bits per heavy atom. The zero-order valence-corrected chi connectivity index (χ0v) is 10.2. The number of nitrogen functional groups attached to an aromatic ring is 1. The maximum absolute atomic E-state index is 5.86. The third-order valence-corrected chi connectivity index (χ3v) is 3.31. The Morgan fingerprint density at radius 1 is 1.22 bits per heavy atom. The monoisotopic (exact) mass is 243 g/mol. The summed E-state index contributed by atoms with van der Waals surface area (Å²) in [6.07, 6.45) is 1.77. The van der Waals surface area contributed by atoms with Crippen molar-refractivity contribution in [1.29, 1.82) is 0 Å². The molecule has 0 atom stereocenters. The van der Waals surface area contributed by atoms with Gasteiger partial charge in [-0.1, -0.05) is 12.1 Å². The molecule has 18 heavy (non-hydrogen) atoms. The van der Waals surface area contributed by atoms with Gasteiger partial charge in [-0.25, -0.2) is 0 Å². The van der Waals surface area contributed by atoms with Gasteiger partial charge in [0.2, 0.25) is 0 Å². The number of H-pyrrole nitrogens is 1. The third-order valence-electron chi connectivity index (χ3n) is 3.31. The minimum atomic E-state index is 0.618. The van der Waals surface area contributed by atoms with E-state index < -0.39 is 0 Å². The normalized spacial score (nSPS) is 15.9. The molecule has 1 aliphatic rings. The summed E-state index contributed by atoms with van der Waals surface area (Å²) in [5.74, 6) is 0.618. The van der Waals surface area contributed by atoms with E-state index in [4.69, 9.17) is 5.73 Å². The predicted molar refractivity (Wildman–Crippen MR) is 73.5 cm³/mol. The van der Waals surface area contributed by atoms with Crippen LogP contribution >= 0.6 is 0 Å². The lowest BCUT2D eigenvalue weighted by atomic mass is 10.1. The van der Waals surface area contributed by atoms with E-state index in [1.807, 2.05) is 0 Å². The molecule has 0 saturated carbocycles. The topological polar surface area (TPSA) is 70.0 Å². The molecule has 1 aromatic heterocycles. The van der Waals surface area contributed by atoms with Crippen LogP contribution in [0.3, 0.4) is 0 Å². The van der Waals surface area contributed by atoms with E-state index in [0.717, 1.165) is 37.3 Å². The van der Waals surface area contributed by atoms with Gasteiger partial charge >= 0.3 is 0 Å². The maximum atomic E-state index is 5.86. The van der Waals surface area contributed by atoms with Crippen molar-refractivity contribution in [3.8, 4) is 11.1 Å². The van der Waals surface area contributed by atoms with Crippen molar-refractivity contribution in [2.75, 3.05) is 36.8 Å². The van der Waals surface area contributed by atoms with Gasteiger partial charge in [0.1, 0.15) is 5.82 Å². The first-order valence-corrected chi connectivity index (χ1v) is 6.19. The van der Waals surface area contributed by atoms with Crippen LogP contribution in [0.5, 0.6) is 0 Å². The molecule has 0 spiro atoms. The predicted octanol–water partition coefficient (Wildman–Crippen LogP) is 1.07. The summed E-state index contributed by atoms with van der Waals surface area (Å²) in [4.78, 5) is 2.39. The molecular weight excluding hydrogens is 226 g/mol. The highest BCUT2D eigenvalue weighted by atomic mass is 15.2. The number of hydrogen-bond donors (Lipinski definition) is 3. The van der Waals surface area contributed by atoms with Crippen LogP contribution < -0.4 is 16.0 Å². The summed E-state index contributed by atoms with van der Waals surface area (Å²) in [6, 6.07) is 8.45. The number of rotatable bonds is 2. The van der Waals surface area contributed by atoms with Gasteiger partial charge in [0.05, 0.1) is 6.20 Å². The minimum Gasteiger partial charge on any atom is -0.384 e. The number of aromatic amines is 1. The molecule has 1 aliphatic heterocycles. The maximum Gasteiger partial charge on any atom is 0.126 e. The van der Waals surface area contributed by atoms with Gasteiger partial charge < -0.3 is 16.0 Å². The summed E-state index contributed by atoms with van der Waals surface area (Å²) < 4.78 is 0. The second kappa shape index (κ2) is 4.70. The molecule has 1 fully saturated rings. The third kappa shape index (κ3) is 2.04. The van der Waals surface area contributed by atoms with Gasteiger partial charge in [-0.3, -0.25) is 5.10 Å². The van der Waals surface area contributed by atoms with Gasteiger partial charge in [0.15, 0.2) is 0 Å². The smallest absolute Gasteiger partial charge is 0.126 e. The number of anilines is 2. The Hall–Kier alpha value is -2.01. The fourth-order valence-corrected chi connectivity index (χ4v) is 2.32. The molecule has 4 N–H and O–H groups in total. The Labute approximate surface area is 106 Å². The molecule has 3 rings (SSSR count). The average molecular weight is 243 g/mol. The molecule has 0 aliphatic carbocycles. The number of piperazine rings is 1. The second-order valence-electron chi connectivity index (χ2n) is 4.48. The summed E-state index contributed by atoms with van der Waals surface area (Å²) in [5, 5.41) is 10.1. The number of nitrogens with one attached hydrogen (secondary N) is 2. The lowest BCUT2D eigenvalue weighted by Crippen LogP contribution is -2.43. The van der Waals surface area contributed by atoms with Crippen LogP contribution in [0.2, 0.25) is 0 Å². The summed E-state index contributed by atoms with van der Waals surface area (Å²) in [7, 11) is 0. The van der Waals surface area contributed by atoms with E-state index in [1.165, 1.54) is 5.69 Å². The minimum absolute atomic E-state index is 0.618. The van der Waals surface area contributed by atoms with Crippen LogP contribution in [0.15, 0.2) is 30.5 Å². The highest BCUT2D eigenvalue weighted by Gasteiger charge is 2.12. The first-order chi connectivity index (χ1) is 8.84. The molecule has 1 aromatic carbocycles. The van der Waals surface area contributed by atoms with Gasteiger partial charge in [0.25, 0.3) is 0 Å². The molecular formula is C13H17N5. The van der Waals surface area contributed by atoms with E-state index in [0.29, 0.717) is 5.82 Å². The molecule has 2 aromatic rings. The van der Waals surface area contributed by atoms with Crippen molar-refractivity contribution in [3.63, 3.8) is 0 Å². The van der Waals surface area contributed by atoms with Gasteiger partial charge in [0, 0.05) is 37.4 Å². The second-order valence-corrected chi connectivity index (χ2v) is 4.48. The Morgan fingerprint density at radius 2 is 2.06 bits per heavy atom. The highest BCUT2D eigenvalue weighted by molar-refractivity contribution is 5.75. The zero-order valence-electron chi connectivity index (χ0n) is 10.2. The van der Waals surface area contributed by atoms with Crippen molar-refractivity contribution >= 4 is 11.5 Å². The lowest BCUT2D eigenvalue weighted by molar-refractivity contribution is 0.589. The molecule has 0 unspecified atom stereocenters. The zero-order chi connectivity index (χ0) is 12.4. The van der Waals surface area contributed by atoms with Gasteiger partial charge in [-0.2, -0.15) is 5.10 Å². The van der Waals surface area contributed by atoms with Crippen LogP contribution in [0.4, 0.5) is 11.5 Å². The van der Waals surface area contributed by atoms with Gasteiger partial charge in [-0.15, -0.1) is 0 Å². The SMILES string of the molecule is Nc1[nH]ncc1-c1cccc(N2CCNCC2)c1. The van der Waals surface area contributed by atoms with Crippen LogP contribution in [0.25, 0.3) is 11.1 Å². The first kappa shape index (κ1) is 11.1. The molecule has 5 heteroatoms. The molecule has 94 valence electrons. The van der Waals surface area contributed by atoms with Crippen molar-refractivity contribution in [2.24, 2.45) is 0 Å². The van der Waals surface area contributed by atoms with Crippen molar-refractivity contribution in [3.05, 3.63) is 30.5 Å². The number of aromatic nitrogens is 2. The van der Waals surface area contributed by atoms with E-state index in [2.05, 4.69) is 44.7 Å². The van der Waals surface area contributed by atoms with E-state index in [-0.39, 0.29) is 0 Å². The number of hydrogen-bond acceptors (Lipinski definition) is 4. The molecule has 0 amide bonds. The van der Waals surface area contributed by atoms with Crippen LogP contribution in [-0.2, 0) is 0 Å². The van der Waals surface area contributed by atoms with Crippen LogP contribution in [0, 0.1) is 0 Å². The fourth-order valence-electron chi connectivity index (χ4n) is 2.32. The average Bonchev–Trinajstić information content (AvgIpc) is 2.86. The van der Waals surface area contributed by atoms with E-state index in [1.54, 1.807) is 6.20 Å². The standard InChI is InChI=1S/C13H17N5/c14-13-12(9-16-17-13)10-2-1-3-11(8-10)18-6-4-15-5-7-18/h1-3,8-9,15H,4-7H2,(H3,14,16,17). The largest absolute Gasteiger partial charge is 0.384 e. The molecule has 5 nitrogen and oxygen atoms in total. The van der Waals surface area contributed by atoms with E-state index in [9.17, 15) is 0 Å². The van der Waals surface area contributed by atoms with Crippen molar-refractivity contribution in [1.82, 2.24) is 15.5 Å². The summed E-state index contributed by atoms with van der Waals surface area (Å²) >= 11 is 0. The van der Waals surface area contributed by atoms with Crippen LogP contribution in [0.1, 0.15) is 0 Å². The number of benzene rings is 1. The van der Waals surface area contributed by atoms with Crippen molar-refractivity contribution in [2.45, 2.75) is 0 Å². The van der Waals surface area contributed by atoms with Crippen LogP contribution in [-0.4, -0.2) is 36.4 Å². The van der Waals surface area contributed by atoms with Gasteiger partial charge in [-0.05, 0) is 17.7 Å². The summed E-state index contributed by atoms with van der Waals surface area (Å²) in [5.41, 5.74) is 9.18. The Balaban J connectivity index is 1.91. The quantitative estimate of drug-likeness (QED) is 0.738. The summed E-state index contributed by atoms with van der Waals surface area (Å²) in [6.45, 7) is 4.17. The van der Waals surface area contributed by atoms with E-state index >= 15 is 0 Å². The number of nitrogens with two attached hydrogens (primary N) is 1.